The molecule has 0 unspecified atom stereocenters. The van der Waals surface area contributed by atoms with Crippen molar-refractivity contribution < 1.29 is 9.90 Å². The third-order valence-corrected chi connectivity index (χ3v) is 3.32. The van der Waals surface area contributed by atoms with Crippen LogP contribution in [0.1, 0.15) is 11.7 Å². The van der Waals surface area contributed by atoms with Crippen LogP contribution in [-0.2, 0) is 18.9 Å². The molecule has 116 valence electrons. The highest BCUT2D eigenvalue weighted by molar-refractivity contribution is 5.96. The summed E-state index contributed by atoms with van der Waals surface area (Å²) in [5.74, 6) is -0.990. The first-order valence-corrected chi connectivity index (χ1v) is 6.44. The van der Waals surface area contributed by atoms with E-state index in [1.165, 1.54) is 14.1 Å². The van der Waals surface area contributed by atoms with E-state index in [1.807, 2.05) is 0 Å². The highest BCUT2D eigenvalue weighted by atomic mass is 16.3. The summed E-state index contributed by atoms with van der Waals surface area (Å²) in [7, 11) is 2.65. The summed E-state index contributed by atoms with van der Waals surface area (Å²) < 4.78 is 1.85. The van der Waals surface area contributed by atoms with E-state index >= 15 is 0 Å². The van der Waals surface area contributed by atoms with Gasteiger partial charge in [-0.15, -0.1) is 0 Å². The second kappa shape index (κ2) is 5.86. The molecular formula is C14H16N4O4. The average Bonchev–Trinajstić information content (AvgIpc) is 2.55. The number of hydrogen-bond acceptors (Lipinski definition) is 5. The van der Waals surface area contributed by atoms with Gasteiger partial charge in [0.25, 0.3) is 11.5 Å². The van der Waals surface area contributed by atoms with Gasteiger partial charge in [0.2, 0.25) is 0 Å². The highest BCUT2D eigenvalue weighted by Crippen LogP contribution is 2.16. The molecule has 0 spiro atoms. The molecule has 0 fully saturated rings. The molecule has 8 nitrogen and oxygen atoms in total. The topological polar surface area (TPSA) is 119 Å². The van der Waals surface area contributed by atoms with Gasteiger partial charge < -0.3 is 16.2 Å². The number of nitrogens with zero attached hydrogens (tertiary/aromatic N) is 2. The Morgan fingerprint density at radius 1 is 1.18 bits per heavy atom. The number of carbonyl (C=O) groups is 1. The maximum Gasteiger partial charge on any atom is 0.332 e. The molecular weight excluding hydrogens is 288 g/mol. The standard InChI is InChI=1S/C14H16N4O4/c1-17-11(15)9(13(21)18(2)14(17)22)16-12(20)10(19)8-6-4-3-5-7-8/h3-7,10,19H,15H2,1-2H3,(H,16,20)/t10-/m1/s1. The average molecular weight is 304 g/mol. The van der Waals surface area contributed by atoms with Crippen molar-refractivity contribution in [3.8, 4) is 0 Å². The molecule has 0 aliphatic rings. The van der Waals surface area contributed by atoms with E-state index in [-0.39, 0.29) is 11.5 Å². The van der Waals surface area contributed by atoms with Crippen molar-refractivity contribution in [2.75, 3.05) is 11.1 Å². The molecule has 0 saturated carbocycles. The number of carbonyl (C=O) groups excluding carboxylic acids is 1. The van der Waals surface area contributed by atoms with Crippen molar-refractivity contribution in [1.29, 1.82) is 0 Å². The van der Waals surface area contributed by atoms with E-state index < -0.39 is 23.3 Å². The number of nitrogens with one attached hydrogen (secondary N) is 1. The predicted molar refractivity (Wildman–Crippen MR) is 81.4 cm³/mol. The fraction of sp³-hybridized carbons (Fsp3) is 0.214. The normalized spacial score (nSPS) is 12.0. The largest absolute Gasteiger partial charge is 0.383 e. The van der Waals surface area contributed by atoms with Crippen LogP contribution in [0.25, 0.3) is 0 Å². The van der Waals surface area contributed by atoms with E-state index in [2.05, 4.69) is 5.32 Å². The summed E-state index contributed by atoms with van der Waals surface area (Å²) in [4.78, 5) is 35.8. The Hall–Kier alpha value is -2.87. The van der Waals surface area contributed by atoms with Gasteiger partial charge in [-0.3, -0.25) is 18.7 Å². The lowest BCUT2D eigenvalue weighted by molar-refractivity contribution is -0.124. The number of benzene rings is 1. The second-order valence-corrected chi connectivity index (χ2v) is 4.77. The molecule has 4 N–H and O–H groups in total. The zero-order chi connectivity index (χ0) is 16.4. The zero-order valence-electron chi connectivity index (χ0n) is 12.1. The molecule has 0 radical (unpaired) electrons. The molecule has 1 aromatic heterocycles. The van der Waals surface area contributed by atoms with Crippen LogP contribution < -0.4 is 22.3 Å². The first kappa shape index (κ1) is 15.5. The van der Waals surface area contributed by atoms with Crippen molar-refractivity contribution in [2.45, 2.75) is 6.10 Å². The molecule has 0 aliphatic heterocycles. The lowest BCUT2D eigenvalue weighted by Crippen LogP contribution is -2.40. The quantitative estimate of drug-likeness (QED) is 0.695. The fourth-order valence-electron chi connectivity index (χ4n) is 1.96. The molecule has 0 aliphatic carbocycles. The summed E-state index contributed by atoms with van der Waals surface area (Å²) in [5, 5.41) is 12.3. The molecule has 1 atom stereocenters. The van der Waals surface area contributed by atoms with Crippen LogP contribution in [0.2, 0.25) is 0 Å². The molecule has 1 heterocycles. The van der Waals surface area contributed by atoms with Crippen molar-refractivity contribution in [3.05, 3.63) is 56.7 Å². The Balaban J connectivity index is 2.38. The van der Waals surface area contributed by atoms with Crippen LogP contribution in [0.5, 0.6) is 0 Å². The van der Waals surface area contributed by atoms with Crippen molar-refractivity contribution in [1.82, 2.24) is 9.13 Å². The van der Waals surface area contributed by atoms with Gasteiger partial charge in [0.05, 0.1) is 0 Å². The van der Waals surface area contributed by atoms with Crippen LogP contribution in [-0.4, -0.2) is 20.1 Å². The molecule has 0 saturated heterocycles. The van der Waals surface area contributed by atoms with Gasteiger partial charge in [0.15, 0.2) is 6.10 Å². The zero-order valence-corrected chi connectivity index (χ0v) is 12.1. The Bertz CT molecular complexity index is 823. The minimum Gasteiger partial charge on any atom is -0.383 e. The predicted octanol–water partition coefficient (Wildman–Crippen LogP) is -0.662. The van der Waals surface area contributed by atoms with Gasteiger partial charge in [0.1, 0.15) is 11.5 Å². The summed E-state index contributed by atoms with van der Waals surface area (Å²) in [5.41, 5.74) is 4.47. The first-order chi connectivity index (χ1) is 10.3. The highest BCUT2D eigenvalue weighted by Gasteiger charge is 2.21. The van der Waals surface area contributed by atoms with Gasteiger partial charge in [-0.1, -0.05) is 30.3 Å². The molecule has 2 rings (SSSR count). The molecule has 8 heteroatoms. The maximum atomic E-state index is 12.1. The SMILES string of the molecule is Cn1c(N)c(NC(=O)[C@H](O)c2ccccc2)c(=O)n(C)c1=O. The van der Waals surface area contributed by atoms with E-state index in [1.54, 1.807) is 30.3 Å². The van der Waals surface area contributed by atoms with Crippen molar-refractivity contribution in [3.63, 3.8) is 0 Å². The minimum atomic E-state index is -1.46. The summed E-state index contributed by atoms with van der Waals surface area (Å²) >= 11 is 0. The van der Waals surface area contributed by atoms with Crippen molar-refractivity contribution in [2.24, 2.45) is 14.1 Å². The Morgan fingerprint density at radius 3 is 2.36 bits per heavy atom. The van der Waals surface area contributed by atoms with Gasteiger partial charge in [0, 0.05) is 14.1 Å². The van der Waals surface area contributed by atoms with Crippen LogP contribution in [0, 0.1) is 0 Å². The van der Waals surface area contributed by atoms with Crippen LogP contribution >= 0.6 is 0 Å². The monoisotopic (exact) mass is 304 g/mol. The van der Waals surface area contributed by atoms with Gasteiger partial charge >= 0.3 is 5.69 Å². The summed E-state index contributed by atoms with van der Waals surface area (Å²) in [6.45, 7) is 0. The molecule has 0 bridgehead atoms. The fourth-order valence-corrected chi connectivity index (χ4v) is 1.96. The number of hydrogen-bond donors (Lipinski definition) is 3. The number of anilines is 2. The Morgan fingerprint density at radius 2 is 1.77 bits per heavy atom. The second-order valence-electron chi connectivity index (χ2n) is 4.77. The molecule has 1 aromatic carbocycles. The van der Waals surface area contributed by atoms with E-state index in [0.717, 1.165) is 9.13 Å². The van der Waals surface area contributed by atoms with Gasteiger partial charge in [-0.25, -0.2) is 4.79 Å². The number of aromatic nitrogens is 2. The molecule has 1 amide bonds. The number of aliphatic hydroxyl groups excluding tert-OH is 1. The molecule has 2 aromatic rings. The lowest BCUT2D eigenvalue weighted by atomic mass is 10.1. The smallest absolute Gasteiger partial charge is 0.332 e. The summed E-state index contributed by atoms with van der Waals surface area (Å²) in [6, 6.07) is 8.24. The van der Waals surface area contributed by atoms with E-state index in [0.29, 0.717) is 5.56 Å². The number of amides is 1. The number of aliphatic hydroxyl groups is 1. The maximum absolute atomic E-state index is 12.1. The third kappa shape index (κ3) is 2.63. The Kier molecular flexibility index (Phi) is 4.13. The van der Waals surface area contributed by atoms with E-state index in [9.17, 15) is 19.5 Å². The number of nitrogen functional groups attached to an aromatic ring is 1. The van der Waals surface area contributed by atoms with Crippen LogP contribution in [0.15, 0.2) is 39.9 Å². The van der Waals surface area contributed by atoms with Crippen LogP contribution in [0.4, 0.5) is 11.5 Å². The third-order valence-electron chi connectivity index (χ3n) is 3.32. The van der Waals surface area contributed by atoms with Crippen molar-refractivity contribution >= 4 is 17.4 Å². The number of nitrogens with two attached hydrogens (primary N) is 1. The van der Waals surface area contributed by atoms with E-state index in [4.69, 9.17) is 5.73 Å². The van der Waals surface area contributed by atoms with Gasteiger partial charge in [-0.2, -0.15) is 0 Å². The van der Waals surface area contributed by atoms with Crippen LogP contribution in [0.3, 0.4) is 0 Å². The summed E-state index contributed by atoms with van der Waals surface area (Å²) in [6.07, 6.45) is -1.46. The minimum absolute atomic E-state index is 0.179. The molecule has 22 heavy (non-hydrogen) atoms. The Labute approximate surface area is 125 Å². The lowest BCUT2D eigenvalue weighted by Gasteiger charge is -2.15. The first-order valence-electron chi connectivity index (χ1n) is 6.44. The van der Waals surface area contributed by atoms with Gasteiger partial charge in [-0.05, 0) is 5.56 Å². The number of rotatable bonds is 3.